The molecule has 15 heteroatoms. The van der Waals surface area contributed by atoms with Crippen LogP contribution >= 0.6 is 0 Å². The molecule has 1 saturated heterocycles. The number of nitrogens with two attached hydrogens (primary N) is 1. The Morgan fingerprint density at radius 1 is 1.39 bits per heavy atom. The van der Waals surface area contributed by atoms with Crippen molar-refractivity contribution in [2.24, 2.45) is 0 Å². The Hall–Kier alpha value is -2.91. The van der Waals surface area contributed by atoms with Crippen molar-refractivity contribution in [3.05, 3.63) is 22.7 Å². The van der Waals surface area contributed by atoms with Crippen molar-refractivity contribution in [1.29, 1.82) is 0 Å². The Bertz CT molecular complexity index is 787. The molecule has 0 amide bonds. The highest BCUT2D eigenvalue weighted by molar-refractivity contribution is 5.73. The lowest BCUT2D eigenvalue weighted by Crippen LogP contribution is -2.29. The number of aromatic nitrogens is 2. The van der Waals surface area contributed by atoms with Crippen LogP contribution in [0.15, 0.2) is 17.1 Å². The van der Waals surface area contributed by atoms with Crippen LogP contribution in [0, 0.1) is 0 Å². The number of halogens is 3. The average Bonchev–Trinajstić information content (AvgIpc) is 3.12. The molecule has 2 rings (SSSR count). The molecule has 0 aliphatic carbocycles. The fraction of sp³-hybridized carbons (Fsp3) is 0.625. The van der Waals surface area contributed by atoms with E-state index in [4.69, 9.17) is 34.6 Å². The quantitative estimate of drug-likeness (QED) is 0.433. The highest BCUT2D eigenvalue weighted by atomic mass is 19.4. The molecule has 1 fully saturated rings. The molecule has 0 spiro atoms. The Labute approximate surface area is 174 Å². The lowest BCUT2D eigenvalue weighted by atomic mass is 10.4. The Morgan fingerprint density at radius 3 is 2.58 bits per heavy atom. The van der Waals surface area contributed by atoms with E-state index in [1.165, 1.54) is 16.8 Å². The van der Waals surface area contributed by atoms with E-state index in [1.54, 1.807) is 0 Å². The van der Waals surface area contributed by atoms with E-state index < -0.39 is 36.5 Å². The number of hydrogen-bond acceptors (Lipinski definition) is 10. The van der Waals surface area contributed by atoms with Gasteiger partial charge in [0.15, 0.2) is 12.5 Å². The van der Waals surface area contributed by atoms with Crippen molar-refractivity contribution in [2.45, 2.75) is 25.1 Å². The fourth-order valence-electron chi connectivity index (χ4n) is 2.04. The number of anilines is 1. The molecule has 0 radical (unpaired) electrons. The minimum atomic E-state index is -5.08. The van der Waals surface area contributed by atoms with Crippen LogP contribution in [0.2, 0.25) is 0 Å². The maximum absolute atomic E-state index is 11.7. The highest BCUT2D eigenvalue weighted by Gasteiger charge is 2.38. The zero-order valence-corrected chi connectivity index (χ0v) is 16.7. The maximum atomic E-state index is 11.7. The smallest absolute Gasteiger partial charge is 0.475 e. The molecule has 0 unspecified atom stereocenters. The van der Waals surface area contributed by atoms with Gasteiger partial charge in [-0.1, -0.05) is 0 Å². The number of carbonyl (C=O) groups is 2. The second-order valence-corrected chi connectivity index (χ2v) is 6.27. The third-order valence-electron chi connectivity index (χ3n) is 3.44. The van der Waals surface area contributed by atoms with Gasteiger partial charge < -0.3 is 34.7 Å². The van der Waals surface area contributed by atoms with Gasteiger partial charge >= 0.3 is 24.0 Å². The standard InChI is InChI=1S/C14H22N4O6.C2HF3O2/c1-17(2)5-3-7-21-14(20)23-9-12-22-8-11(24-12)18-6-4-10(15)16-13(18)19;3-2(4,5)1(6)7/h4,6,11-12H,3,5,7-9H2,1-2H3,(H2,15,16,19);(H,6,7)/t11-,12-;/m0./s1. The first-order chi connectivity index (χ1) is 14.4. The largest absolute Gasteiger partial charge is 0.508 e. The summed E-state index contributed by atoms with van der Waals surface area (Å²) in [4.78, 5) is 37.7. The minimum absolute atomic E-state index is 0.125. The first-order valence-electron chi connectivity index (χ1n) is 8.76. The van der Waals surface area contributed by atoms with Crippen LogP contribution in [0.4, 0.5) is 23.8 Å². The molecule has 1 aliphatic rings. The molecule has 176 valence electrons. The molecule has 1 aromatic heterocycles. The Morgan fingerprint density at radius 2 is 2.03 bits per heavy atom. The summed E-state index contributed by atoms with van der Waals surface area (Å²) in [5, 5.41) is 7.12. The van der Waals surface area contributed by atoms with Gasteiger partial charge in [0.1, 0.15) is 12.4 Å². The van der Waals surface area contributed by atoms with Gasteiger partial charge in [0.2, 0.25) is 0 Å². The number of carboxylic acids is 1. The van der Waals surface area contributed by atoms with Gasteiger partial charge in [0.25, 0.3) is 0 Å². The number of alkyl halides is 3. The van der Waals surface area contributed by atoms with Gasteiger partial charge in [0.05, 0.1) is 13.2 Å². The fourth-order valence-corrected chi connectivity index (χ4v) is 2.04. The second kappa shape index (κ2) is 12.1. The maximum Gasteiger partial charge on any atom is 0.508 e. The van der Waals surface area contributed by atoms with Crippen molar-refractivity contribution in [1.82, 2.24) is 14.5 Å². The van der Waals surface area contributed by atoms with E-state index in [0.29, 0.717) is 6.42 Å². The Kier molecular flexibility index (Phi) is 10.2. The molecular weight excluding hydrogens is 433 g/mol. The number of carboxylic acid groups (broad SMARTS) is 1. The van der Waals surface area contributed by atoms with Gasteiger partial charge in [-0.15, -0.1) is 0 Å². The summed E-state index contributed by atoms with van der Waals surface area (Å²) in [5.74, 6) is -2.63. The van der Waals surface area contributed by atoms with Crippen LogP contribution < -0.4 is 11.4 Å². The summed E-state index contributed by atoms with van der Waals surface area (Å²) in [6.07, 6.45) is -5.09. The highest BCUT2D eigenvalue weighted by Crippen LogP contribution is 2.19. The van der Waals surface area contributed by atoms with Gasteiger partial charge in [0, 0.05) is 12.7 Å². The topological polar surface area (TPSA) is 155 Å². The van der Waals surface area contributed by atoms with Gasteiger partial charge in [-0.2, -0.15) is 18.2 Å². The van der Waals surface area contributed by atoms with Crippen LogP contribution in [0.5, 0.6) is 0 Å². The number of nitrogens with zero attached hydrogens (tertiary/aromatic N) is 3. The second-order valence-electron chi connectivity index (χ2n) is 6.27. The Balaban J connectivity index is 0.000000592. The van der Waals surface area contributed by atoms with E-state index in [0.717, 1.165) is 6.54 Å². The third kappa shape index (κ3) is 10.1. The summed E-state index contributed by atoms with van der Waals surface area (Å²) in [6, 6.07) is 1.49. The van der Waals surface area contributed by atoms with Gasteiger partial charge in [-0.3, -0.25) is 4.57 Å². The van der Waals surface area contributed by atoms with Crippen molar-refractivity contribution in [3.63, 3.8) is 0 Å². The molecule has 2 heterocycles. The molecule has 0 saturated carbocycles. The van der Waals surface area contributed by atoms with E-state index in [2.05, 4.69) is 4.98 Å². The van der Waals surface area contributed by atoms with Crippen LogP contribution in [-0.2, 0) is 23.7 Å². The summed E-state index contributed by atoms with van der Waals surface area (Å²) >= 11 is 0. The zero-order chi connectivity index (χ0) is 23.6. The number of aliphatic carboxylic acids is 1. The first kappa shape index (κ1) is 26.1. The molecule has 12 nitrogen and oxygen atoms in total. The minimum Gasteiger partial charge on any atom is -0.475 e. The van der Waals surface area contributed by atoms with Crippen LogP contribution in [0.3, 0.4) is 0 Å². The number of nitrogen functional groups attached to an aromatic ring is 1. The van der Waals surface area contributed by atoms with Crippen LogP contribution in [-0.4, -0.2) is 84.6 Å². The predicted molar refractivity (Wildman–Crippen MR) is 96.9 cm³/mol. The summed E-state index contributed by atoms with van der Waals surface area (Å²) < 4.78 is 53.7. The molecule has 31 heavy (non-hydrogen) atoms. The average molecular weight is 456 g/mol. The van der Waals surface area contributed by atoms with E-state index in [-0.39, 0.29) is 25.6 Å². The molecule has 3 N–H and O–H groups in total. The van der Waals surface area contributed by atoms with Crippen LogP contribution in [0.25, 0.3) is 0 Å². The molecule has 0 bridgehead atoms. The lowest BCUT2D eigenvalue weighted by molar-refractivity contribution is -0.192. The van der Waals surface area contributed by atoms with E-state index in [1.807, 2.05) is 19.0 Å². The number of rotatable bonds is 7. The lowest BCUT2D eigenvalue weighted by Gasteiger charge is -2.13. The normalized spacial score (nSPS) is 18.3. The van der Waals surface area contributed by atoms with Gasteiger partial charge in [-0.25, -0.2) is 14.4 Å². The predicted octanol–water partition coefficient (Wildman–Crippen LogP) is 0.435. The number of carbonyl (C=O) groups excluding carboxylic acids is 1. The number of ether oxygens (including phenoxy) is 4. The van der Waals surface area contributed by atoms with E-state index >= 15 is 0 Å². The zero-order valence-electron chi connectivity index (χ0n) is 16.7. The number of hydrogen-bond donors (Lipinski definition) is 2. The van der Waals surface area contributed by atoms with Crippen LogP contribution in [0.1, 0.15) is 12.6 Å². The molecule has 2 atom stereocenters. The van der Waals surface area contributed by atoms with E-state index in [9.17, 15) is 22.8 Å². The molecule has 1 aliphatic heterocycles. The van der Waals surface area contributed by atoms with Gasteiger partial charge in [-0.05, 0) is 26.6 Å². The van der Waals surface area contributed by atoms with Crippen molar-refractivity contribution in [3.8, 4) is 0 Å². The summed E-state index contributed by atoms with van der Waals surface area (Å²) in [7, 11) is 3.87. The third-order valence-corrected chi connectivity index (χ3v) is 3.44. The van der Waals surface area contributed by atoms with Crippen molar-refractivity contribution >= 4 is 17.9 Å². The SMILES string of the molecule is CN(C)CCCOC(=O)OC[C@H]1OC[C@@H](n2ccc(N)nc2=O)O1.O=C(O)C(F)(F)F. The molecule has 1 aromatic rings. The monoisotopic (exact) mass is 456 g/mol. The van der Waals surface area contributed by atoms with Crippen molar-refractivity contribution < 1.29 is 46.8 Å². The summed E-state index contributed by atoms with van der Waals surface area (Å²) in [5.41, 5.74) is 4.89. The molecule has 0 aromatic carbocycles. The first-order valence-corrected chi connectivity index (χ1v) is 8.76. The molecular formula is C16H23F3N4O8. The summed E-state index contributed by atoms with van der Waals surface area (Å²) in [6.45, 7) is 1.10. The van der Waals surface area contributed by atoms with Crippen molar-refractivity contribution in [2.75, 3.05) is 46.2 Å².